The average Bonchev–Trinajstić information content (AvgIpc) is 2.90. The van der Waals surface area contributed by atoms with Gasteiger partial charge in [-0.2, -0.15) is 4.98 Å². The molecular formula is C14H16F2N4OS. The number of alkyl halides is 2. The third kappa shape index (κ3) is 3.32. The molecule has 0 bridgehead atoms. The number of nitrogens with one attached hydrogen (secondary N) is 1. The molecule has 1 aliphatic rings. The van der Waals surface area contributed by atoms with Crippen molar-refractivity contribution < 1.29 is 13.9 Å². The molecule has 0 aromatic carbocycles. The highest BCUT2D eigenvalue weighted by molar-refractivity contribution is 7.13. The minimum atomic E-state index is -2.57. The maximum Gasteiger partial charge on any atom is 0.248 e. The first-order valence-corrected chi connectivity index (χ1v) is 7.94. The van der Waals surface area contributed by atoms with Crippen LogP contribution in [-0.4, -0.2) is 32.0 Å². The lowest BCUT2D eigenvalue weighted by molar-refractivity contribution is -0.0360. The van der Waals surface area contributed by atoms with Crippen molar-refractivity contribution in [3.8, 4) is 16.7 Å². The van der Waals surface area contributed by atoms with Gasteiger partial charge in [0.2, 0.25) is 11.8 Å². The van der Waals surface area contributed by atoms with E-state index in [0.717, 1.165) is 5.69 Å². The van der Waals surface area contributed by atoms with Gasteiger partial charge in [0.25, 0.3) is 0 Å². The Hall–Kier alpha value is -1.83. The molecule has 0 aliphatic heterocycles. The van der Waals surface area contributed by atoms with Crippen molar-refractivity contribution in [2.45, 2.75) is 44.6 Å². The van der Waals surface area contributed by atoms with E-state index >= 15 is 0 Å². The van der Waals surface area contributed by atoms with Crippen LogP contribution >= 0.6 is 11.3 Å². The summed E-state index contributed by atoms with van der Waals surface area (Å²) in [5.74, 6) is -2.39. The second-order valence-electron chi connectivity index (χ2n) is 5.50. The van der Waals surface area contributed by atoms with E-state index in [1.54, 1.807) is 0 Å². The molecule has 0 amide bonds. The fraction of sp³-hybridized carbons (Fsp3) is 0.500. The molecule has 2 aromatic rings. The molecule has 0 spiro atoms. The SMILES string of the molecule is Cc1csc(-c2ncc(NC3CCC(F)(F)CC3)c(O)n2)n1. The van der Waals surface area contributed by atoms with E-state index in [0.29, 0.717) is 29.4 Å². The summed E-state index contributed by atoms with van der Waals surface area (Å²) >= 11 is 1.40. The van der Waals surface area contributed by atoms with Crippen LogP contribution in [0.1, 0.15) is 31.4 Å². The second-order valence-corrected chi connectivity index (χ2v) is 6.36. The van der Waals surface area contributed by atoms with Gasteiger partial charge in [-0.05, 0) is 19.8 Å². The summed E-state index contributed by atoms with van der Waals surface area (Å²) in [6, 6.07) is -0.0953. The minimum Gasteiger partial charge on any atom is -0.492 e. The first kappa shape index (κ1) is 15.1. The van der Waals surface area contributed by atoms with Gasteiger partial charge in [0.1, 0.15) is 5.69 Å². The third-order valence-corrected chi connectivity index (χ3v) is 4.61. The Balaban J connectivity index is 1.70. The summed E-state index contributed by atoms with van der Waals surface area (Å²) in [6.45, 7) is 1.87. The quantitative estimate of drug-likeness (QED) is 0.902. The van der Waals surface area contributed by atoms with Gasteiger partial charge >= 0.3 is 0 Å². The number of aromatic nitrogens is 3. The molecule has 8 heteroatoms. The maximum absolute atomic E-state index is 13.1. The average molecular weight is 326 g/mol. The first-order chi connectivity index (χ1) is 10.4. The number of anilines is 1. The van der Waals surface area contributed by atoms with Crippen LogP contribution in [0, 0.1) is 6.92 Å². The molecule has 0 atom stereocenters. The fourth-order valence-corrected chi connectivity index (χ4v) is 3.17. The van der Waals surface area contributed by atoms with Crippen molar-refractivity contribution in [2.75, 3.05) is 5.32 Å². The molecule has 22 heavy (non-hydrogen) atoms. The van der Waals surface area contributed by atoms with Crippen LogP contribution in [0.3, 0.4) is 0 Å². The standard InChI is InChI=1S/C14H16F2N4OS/c1-8-7-22-13(18-8)11-17-6-10(12(21)20-11)19-9-2-4-14(15,16)5-3-9/h6-7,9,19H,2-5H2,1H3,(H,17,20,21). The molecule has 1 saturated carbocycles. The Morgan fingerprint density at radius 2 is 2.05 bits per heavy atom. The second kappa shape index (κ2) is 5.75. The largest absolute Gasteiger partial charge is 0.492 e. The summed E-state index contributed by atoms with van der Waals surface area (Å²) in [5.41, 5.74) is 1.24. The molecule has 1 aliphatic carbocycles. The smallest absolute Gasteiger partial charge is 0.248 e. The number of halogens is 2. The van der Waals surface area contributed by atoms with Crippen molar-refractivity contribution >= 4 is 17.0 Å². The monoisotopic (exact) mass is 326 g/mol. The highest BCUT2D eigenvalue weighted by Gasteiger charge is 2.35. The molecule has 1 fully saturated rings. The van der Waals surface area contributed by atoms with E-state index in [1.165, 1.54) is 17.5 Å². The Bertz CT molecular complexity index is 667. The number of thiazole rings is 1. The zero-order valence-electron chi connectivity index (χ0n) is 12.0. The number of hydrogen-bond donors (Lipinski definition) is 2. The van der Waals surface area contributed by atoms with E-state index in [-0.39, 0.29) is 24.8 Å². The van der Waals surface area contributed by atoms with E-state index in [1.807, 2.05) is 12.3 Å². The summed E-state index contributed by atoms with van der Waals surface area (Å²) in [5, 5.41) is 15.6. The predicted molar refractivity (Wildman–Crippen MR) is 80.4 cm³/mol. The number of aromatic hydroxyl groups is 1. The third-order valence-electron chi connectivity index (χ3n) is 3.66. The molecule has 118 valence electrons. The number of hydrogen-bond acceptors (Lipinski definition) is 6. The lowest BCUT2D eigenvalue weighted by atomic mass is 9.92. The van der Waals surface area contributed by atoms with Gasteiger partial charge in [0.05, 0.1) is 6.20 Å². The molecule has 2 N–H and O–H groups in total. The van der Waals surface area contributed by atoms with Gasteiger partial charge in [-0.15, -0.1) is 11.3 Å². The zero-order valence-corrected chi connectivity index (χ0v) is 12.8. The topological polar surface area (TPSA) is 70.9 Å². The highest BCUT2D eigenvalue weighted by Crippen LogP contribution is 2.35. The highest BCUT2D eigenvalue weighted by atomic mass is 32.1. The summed E-state index contributed by atoms with van der Waals surface area (Å²) < 4.78 is 26.3. The lowest BCUT2D eigenvalue weighted by Gasteiger charge is -2.29. The zero-order chi connectivity index (χ0) is 15.7. The Morgan fingerprint density at radius 3 is 2.64 bits per heavy atom. The molecule has 0 unspecified atom stereocenters. The molecule has 2 aromatic heterocycles. The minimum absolute atomic E-state index is 0.0953. The van der Waals surface area contributed by atoms with Crippen LogP contribution in [0.2, 0.25) is 0 Å². The number of aryl methyl sites for hydroxylation is 1. The van der Waals surface area contributed by atoms with Crippen molar-refractivity contribution in [1.82, 2.24) is 15.0 Å². The number of rotatable bonds is 3. The summed E-state index contributed by atoms with van der Waals surface area (Å²) in [7, 11) is 0. The van der Waals surface area contributed by atoms with Crippen LogP contribution in [-0.2, 0) is 0 Å². The van der Waals surface area contributed by atoms with Gasteiger partial charge in [0, 0.05) is 30.0 Å². The Labute approximate surface area is 130 Å². The fourth-order valence-electron chi connectivity index (χ4n) is 2.44. The van der Waals surface area contributed by atoms with E-state index in [2.05, 4.69) is 20.3 Å². The molecule has 0 radical (unpaired) electrons. The molecular weight excluding hydrogens is 310 g/mol. The summed E-state index contributed by atoms with van der Waals surface area (Å²) in [4.78, 5) is 12.5. The van der Waals surface area contributed by atoms with Gasteiger partial charge in [-0.1, -0.05) is 0 Å². The van der Waals surface area contributed by atoms with Crippen LogP contribution in [0.25, 0.3) is 10.8 Å². The molecule has 2 heterocycles. The normalized spacial score (nSPS) is 18.3. The molecule has 3 rings (SSSR count). The van der Waals surface area contributed by atoms with Crippen LogP contribution in [0.4, 0.5) is 14.5 Å². The molecule has 0 saturated heterocycles. The van der Waals surface area contributed by atoms with E-state index in [9.17, 15) is 13.9 Å². The van der Waals surface area contributed by atoms with Gasteiger partial charge in [-0.3, -0.25) is 0 Å². The van der Waals surface area contributed by atoms with Gasteiger partial charge < -0.3 is 10.4 Å². The van der Waals surface area contributed by atoms with E-state index < -0.39 is 5.92 Å². The van der Waals surface area contributed by atoms with Crippen LogP contribution < -0.4 is 5.32 Å². The van der Waals surface area contributed by atoms with Gasteiger partial charge in [-0.25, -0.2) is 18.7 Å². The van der Waals surface area contributed by atoms with Crippen molar-refractivity contribution in [2.24, 2.45) is 0 Å². The van der Waals surface area contributed by atoms with Crippen molar-refractivity contribution in [3.63, 3.8) is 0 Å². The maximum atomic E-state index is 13.1. The van der Waals surface area contributed by atoms with Crippen molar-refractivity contribution in [1.29, 1.82) is 0 Å². The van der Waals surface area contributed by atoms with Crippen LogP contribution in [0.15, 0.2) is 11.6 Å². The van der Waals surface area contributed by atoms with E-state index in [4.69, 9.17) is 0 Å². The predicted octanol–water partition coefficient (Wildman–Crippen LogP) is 3.60. The molecule has 5 nitrogen and oxygen atoms in total. The van der Waals surface area contributed by atoms with Crippen molar-refractivity contribution in [3.05, 3.63) is 17.3 Å². The lowest BCUT2D eigenvalue weighted by Crippen LogP contribution is -2.32. The van der Waals surface area contributed by atoms with Crippen LogP contribution in [0.5, 0.6) is 5.88 Å². The summed E-state index contributed by atoms with van der Waals surface area (Å²) in [6.07, 6.45) is 1.92. The first-order valence-electron chi connectivity index (χ1n) is 7.06. The van der Waals surface area contributed by atoms with Gasteiger partial charge in [0.15, 0.2) is 10.8 Å². The Kier molecular flexibility index (Phi) is 3.94. The number of nitrogens with zero attached hydrogens (tertiary/aromatic N) is 3. The Morgan fingerprint density at radius 1 is 1.32 bits per heavy atom.